The third kappa shape index (κ3) is 2.89. The van der Waals surface area contributed by atoms with Crippen molar-refractivity contribution in [2.24, 2.45) is 0 Å². The fourth-order valence-corrected chi connectivity index (χ4v) is 2.84. The average molecular weight is 299 g/mol. The van der Waals surface area contributed by atoms with E-state index in [0.717, 1.165) is 35.4 Å². The van der Waals surface area contributed by atoms with E-state index >= 15 is 0 Å². The molecule has 0 radical (unpaired) electrons. The van der Waals surface area contributed by atoms with Gasteiger partial charge in [0, 0.05) is 11.4 Å². The molecule has 0 fully saturated rings. The molecule has 0 spiro atoms. The number of hydrogen-bond donors (Lipinski definition) is 0. The Hall–Kier alpha value is -1.98. The Kier molecular flexibility index (Phi) is 3.86. The molecule has 2 aromatic carbocycles. The van der Waals surface area contributed by atoms with E-state index in [1.54, 1.807) is 12.1 Å². The predicted molar refractivity (Wildman–Crippen MR) is 81.8 cm³/mol. The third-order valence-electron chi connectivity index (χ3n) is 3.59. The summed E-state index contributed by atoms with van der Waals surface area (Å²) >= 11 is -2.16. The van der Waals surface area contributed by atoms with Gasteiger partial charge in [-0.1, -0.05) is 24.3 Å². The minimum absolute atomic E-state index is 0.322. The van der Waals surface area contributed by atoms with Crippen molar-refractivity contribution in [1.82, 2.24) is 9.55 Å². The second-order valence-electron chi connectivity index (χ2n) is 4.93. The van der Waals surface area contributed by atoms with E-state index in [1.807, 2.05) is 37.3 Å². The monoisotopic (exact) mass is 299 g/mol. The highest BCUT2D eigenvalue weighted by Gasteiger charge is 2.06. The second-order valence-corrected chi connectivity index (χ2v) is 5.87. The zero-order valence-electron chi connectivity index (χ0n) is 11.7. The maximum Gasteiger partial charge on any atom is 0.106 e. The van der Waals surface area contributed by atoms with Gasteiger partial charge in [-0.25, -0.2) is 4.98 Å². The summed E-state index contributed by atoms with van der Waals surface area (Å²) in [5.74, 6) is 0.994. The van der Waals surface area contributed by atoms with Crippen LogP contribution in [0, 0.1) is 6.92 Å². The fourth-order valence-electron chi connectivity index (χ4n) is 2.49. The van der Waals surface area contributed by atoms with Crippen LogP contribution in [0.15, 0.2) is 53.4 Å². The summed E-state index contributed by atoms with van der Waals surface area (Å²) in [5, 5.41) is 0. The Balaban J connectivity index is 1.80. The number of benzene rings is 2. The molecular formula is C16H15N2O2S-. The lowest BCUT2D eigenvalue weighted by Gasteiger charge is -2.09. The number of aromatic nitrogens is 2. The van der Waals surface area contributed by atoms with Crippen molar-refractivity contribution in [3.05, 3.63) is 59.9 Å². The van der Waals surface area contributed by atoms with Crippen LogP contribution >= 0.6 is 0 Å². The quantitative estimate of drug-likeness (QED) is 0.696. The molecule has 5 heteroatoms. The van der Waals surface area contributed by atoms with Crippen molar-refractivity contribution >= 4 is 22.1 Å². The van der Waals surface area contributed by atoms with Crippen LogP contribution in [0.2, 0.25) is 0 Å². The third-order valence-corrected chi connectivity index (χ3v) is 4.24. The first kappa shape index (κ1) is 14.0. The summed E-state index contributed by atoms with van der Waals surface area (Å²) in [7, 11) is 0. The number of rotatable bonds is 4. The molecule has 0 aliphatic rings. The molecule has 1 heterocycles. The highest BCUT2D eigenvalue weighted by molar-refractivity contribution is 7.79. The number of imidazole rings is 1. The highest BCUT2D eigenvalue weighted by Crippen LogP contribution is 2.16. The van der Waals surface area contributed by atoms with Crippen LogP contribution in [0.5, 0.6) is 0 Å². The van der Waals surface area contributed by atoms with Gasteiger partial charge in [0.25, 0.3) is 0 Å². The van der Waals surface area contributed by atoms with Crippen LogP contribution in [-0.4, -0.2) is 18.3 Å². The molecule has 0 saturated heterocycles. The molecule has 1 aromatic heterocycles. The first-order valence-corrected chi connectivity index (χ1v) is 7.83. The normalized spacial score (nSPS) is 12.7. The van der Waals surface area contributed by atoms with Gasteiger partial charge in [-0.3, -0.25) is 4.21 Å². The van der Waals surface area contributed by atoms with E-state index in [-0.39, 0.29) is 0 Å². The number of para-hydroxylation sites is 2. The van der Waals surface area contributed by atoms with Gasteiger partial charge in [0.05, 0.1) is 11.0 Å². The van der Waals surface area contributed by atoms with E-state index in [4.69, 9.17) is 0 Å². The van der Waals surface area contributed by atoms with Crippen molar-refractivity contribution in [1.29, 1.82) is 0 Å². The summed E-state index contributed by atoms with van der Waals surface area (Å²) in [6, 6.07) is 15.1. The van der Waals surface area contributed by atoms with E-state index in [9.17, 15) is 8.76 Å². The van der Waals surface area contributed by atoms with E-state index in [2.05, 4.69) is 15.6 Å². The maximum atomic E-state index is 10.8. The van der Waals surface area contributed by atoms with Gasteiger partial charge >= 0.3 is 0 Å². The molecule has 1 atom stereocenters. The lowest BCUT2D eigenvalue weighted by atomic mass is 10.1. The first-order chi connectivity index (χ1) is 10.1. The zero-order chi connectivity index (χ0) is 14.8. The minimum Gasteiger partial charge on any atom is -0.768 e. The number of fused-ring (bicyclic) bond motifs is 1. The average Bonchev–Trinajstić information content (AvgIpc) is 2.81. The van der Waals surface area contributed by atoms with Gasteiger partial charge in [0.2, 0.25) is 0 Å². The topological polar surface area (TPSA) is 58.0 Å². The Bertz CT molecular complexity index is 794. The van der Waals surface area contributed by atoms with Crippen molar-refractivity contribution in [3.8, 4) is 0 Å². The molecule has 0 aliphatic heterocycles. The van der Waals surface area contributed by atoms with Gasteiger partial charge in [-0.15, -0.1) is 0 Å². The molecular weight excluding hydrogens is 284 g/mol. The van der Waals surface area contributed by atoms with Crippen molar-refractivity contribution in [2.45, 2.75) is 24.8 Å². The number of nitrogens with zero attached hydrogens (tertiary/aromatic N) is 2. The van der Waals surface area contributed by atoms with Gasteiger partial charge < -0.3 is 9.12 Å². The minimum atomic E-state index is -2.16. The Morgan fingerprint density at radius 3 is 2.57 bits per heavy atom. The Morgan fingerprint density at radius 1 is 1.14 bits per heavy atom. The summed E-state index contributed by atoms with van der Waals surface area (Å²) in [6.45, 7) is 2.83. The largest absolute Gasteiger partial charge is 0.768 e. The van der Waals surface area contributed by atoms with Gasteiger partial charge in [-0.2, -0.15) is 0 Å². The van der Waals surface area contributed by atoms with Crippen LogP contribution in [-0.2, 0) is 24.0 Å². The van der Waals surface area contributed by atoms with Crippen molar-refractivity contribution < 1.29 is 8.76 Å². The summed E-state index contributed by atoms with van der Waals surface area (Å²) < 4.78 is 23.9. The smallest absolute Gasteiger partial charge is 0.106 e. The van der Waals surface area contributed by atoms with Gasteiger partial charge in [0.15, 0.2) is 0 Å². The summed E-state index contributed by atoms with van der Waals surface area (Å²) in [6.07, 6.45) is 0.840. The standard InChI is InChI=1S/C16H16N2O2S/c1-12-17-15-4-2-3-5-16(15)18(12)11-10-13-6-8-14(9-7-13)21(19)20/h2-9H,10-11H2,1H3,(H,19,20)/p-1. The molecule has 1 unspecified atom stereocenters. The van der Waals surface area contributed by atoms with Gasteiger partial charge in [0.1, 0.15) is 5.82 Å². The van der Waals surface area contributed by atoms with E-state index in [1.165, 1.54) is 0 Å². The molecule has 0 amide bonds. The van der Waals surface area contributed by atoms with Crippen LogP contribution in [0.1, 0.15) is 11.4 Å². The molecule has 3 rings (SSSR count). The SMILES string of the molecule is Cc1nc2ccccc2n1CCc1ccc(S(=O)[O-])cc1. The lowest BCUT2D eigenvalue weighted by Crippen LogP contribution is -2.03. The van der Waals surface area contributed by atoms with Crippen LogP contribution < -0.4 is 0 Å². The molecule has 0 N–H and O–H groups in total. The van der Waals surface area contributed by atoms with E-state index in [0.29, 0.717) is 4.90 Å². The lowest BCUT2D eigenvalue weighted by molar-refractivity contribution is 0.537. The van der Waals surface area contributed by atoms with Crippen molar-refractivity contribution in [3.63, 3.8) is 0 Å². The second kappa shape index (κ2) is 5.79. The molecule has 0 bridgehead atoms. The fraction of sp³-hybridized carbons (Fsp3) is 0.188. The molecule has 108 valence electrons. The summed E-state index contributed by atoms with van der Waals surface area (Å²) in [5.41, 5.74) is 3.25. The Morgan fingerprint density at radius 2 is 1.86 bits per heavy atom. The van der Waals surface area contributed by atoms with Crippen LogP contribution in [0.25, 0.3) is 11.0 Å². The Labute approximate surface area is 125 Å². The summed E-state index contributed by atoms with van der Waals surface area (Å²) in [4.78, 5) is 4.87. The first-order valence-electron chi connectivity index (χ1n) is 6.75. The van der Waals surface area contributed by atoms with Crippen LogP contribution in [0.3, 0.4) is 0 Å². The molecule has 3 aromatic rings. The molecule has 0 saturated carbocycles. The van der Waals surface area contributed by atoms with E-state index < -0.39 is 11.1 Å². The predicted octanol–water partition coefficient (Wildman–Crippen LogP) is 2.83. The molecule has 4 nitrogen and oxygen atoms in total. The van der Waals surface area contributed by atoms with Crippen LogP contribution in [0.4, 0.5) is 0 Å². The zero-order valence-corrected chi connectivity index (χ0v) is 12.5. The maximum absolute atomic E-state index is 10.8. The number of hydrogen-bond acceptors (Lipinski definition) is 3. The van der Waals surface area contributed by atoms with Crippen molar-refractivity contribution in [2.75, 3.05) is 0 Å². The molecule has 21 heavy (non-hydrogen) atoms. The van der Waals surface area contributed by atoms with Gasteiger partial charge in [-0.05, 0) is 54.3 Å². The molecule has 0 aliphatic carbocycles. The highest BCUT2D eigenvalue weighted by atomic mass is 32.2. The number of aryl methyl sites for hydroxylation is 3.